The zero-order chi connectivity index (χ0) is 41.8. The number of carbonyl (C=O) groups excluding carboxylic acids is 2. The first-order valence-electron chi connectivity index (χ1n) is 22.4. The van der Waals surface area contributed by atoms with Crippen LogP contribution in [0.5, 0.6) is 0 Å². The zero-order valence-electron chi connectivity index (χ0n) is 36.0. The van der Waals surface area contributed by atoms with Crippen LogP contribution in [0.1, 0.15) is 181 Å². The number of nitrogens with two attached hydrogens (primary N) is 1. The van der Waals surface area contributed by atoms with Crippen LogP contribution in [0.25, 0.3) is 0 Å². The third-order valence-corrected chi connectivity index (χ3v) is 10.1. The number of carbonyl (C=O) groups is 2. The van der Waals surface area contributed by atoms with E-state index in [9.17, 15) is 19.0 Å². The molecule has 2 atom stereocenters. The maximum Gasteiger partial charge on any atom is 0.472 e. The van der Waals surface area contributed by atoms with E-state index < -0.39 is 32.5 Å². The summed E-state index contributed by atoms with van der Waals surface area (Å²) >= 11 is 0. The van der Waals surface area contributed by atoms with Crippen LogP contribution in [-0.2, 0) is 32.7 Å². The highest BCUT2D eigenvalue weighted by atomic mass is 31.2. The topological polar surface area (TPSA) is 134 Å². The first-order chi connectivity index (χ1) is 27.8. The van der Waals surface area contributed by atoms with E-state index in [2.05, 4.69) is 74.6 Å². The Kier molecular flexibility index (Phi) is 41.1. The number of hydrogen-bond donors (Lipinski definition) is 2. The fraction of sp³-hybridized carbons (Fsp3) is 0.702. The Morgan fingerprint density at radius 2 is 0.947 bits per heavy atom. The molecule has 0 bridgehead atoms. The van der Waals surface area contributed by atoms with Crippen molar-refractivity contribution >= 4 is 19.8 Å². The van der Waals surface area contributed by atoms with Gasteiger partial charge in [0.1, 0.15) is 6.61 Å². The molecule has 0 heterocycles. The predicted molar refractivity (Wildman–Crippen MR) is 238 cm³/mol. The molecule has 0 fully saturated rings. The van der Waals surface area contributed by atoms with Gasteiger partial charge >= 0.3 is 19.8 Å². The summed E-state index contributed by atoms with van der Waals surface area (Å²) in [7, 11) is -4.40. The van der Waals surface area contributed by atoms with Crippen LogP contribution in [0.3, 0.4) is 0 Å². The summed E-state index contributed by atoms with van der Waals surface area (Å²) in [6.45, 7) is 3.60. The Morgan fingerprint density at radius 1 is 0.526 bits per heavy atom. The first kappa shape index (κ1) is 54.5. The first-order valence-corrected chi connectivity index (χ1v) is 23.9. The lowest BCUT2D eigenvalue weighted by Gasteiger charge is -2.19. The maximum absolute atomic E-state index is 12.6. The predicted octanol–water partition coefficient (Wildman–Crippen LogP) is 13.1. The number of phosphoric acid groups is 1. The molecule has 57 heavy (non-hydrogen) atoms. The van der Waals surface area contributed by atoms with Crippen LogP contribution in [0, 0.1) is 0 Å². The van der Waals surface area contributed by atoms with Crippen molar-refractivity contribution in [2.24, 2.45) is 5.73 Å². The van der Waals surface area contributed by atoms with Gasteiger partial charge in [-0.3, -0.25) is 18.6 Å². The molecule has 0 amide bonds. The van der Waals surface area contributed by atoms with Gasteiger partial charge in [0.15, 0.2) is 6.10 Å². The molecule has 0 rings (SSSR count). The number of esters is 2. The highest BCUT2D eigenvalue weighted by Crippen LogP contribution is 2.43. The summed E-state index contributed by atoms with van der Waals surface area (Å²) in [5, 5.41) is 0. The van der Waals surface area contributed by atoms with Crippen molar-refractivity contribution in [1.82, 2.24) is 0 Å². The smallest absolute Gasteiger partial charge is 0.462 e. The summed E-state index contributed by atoms with van der Waals surface area (Å²) in [6, 6.07) is 0. The third-order valence-electron chi connectivity index (χ3n) is 9.08. The Bertz CT molecular complexity index is 1160. The quantitative estimate of drug-likeness (QED) is 0.0267. The largest absolute Gasteiger partial charge is 0.472 e. The van der Waals surface area contributed by atoms with Gasteiger partial charge < -0.3 is 20.1 Å². The van der Waals surface area contributed by atoms with Gasteiger partial charge in [0.25, 0.3) is 0 Å². The number of allylic oxidation sites excluding steroid dienone is 12. The molecule has 1 unspecified atom stereocenters. The molecule has 0 aliphatic carbocycles. The van der Waals surface area contributed by atoms with E-state index in [1.54, 1.807) is 0 Å². The van der Waals surface area contributed by atoms with E-state index in [0.717, 1.165) is 51.4 Å². The highest BCUT2D eigenvalue weighted by Gasteiger charge is 2.25. The van der Waals surface area contributed by atoms with E-state index in [-0.39, 0.29) is 32.6 Å². The van der Waals surface area contributed by atoms with Crippen LogP contribution < -0.4 is 5.73 Å². The number of rotatable bonds is 41. The molecule has 9 nitrogen and oxygen atoms in total. The molecular weight excluding hydrogens is 737 g/mol. The van der Waals surface area contributed by atoms with Gasteiger partial charge in [-0.1, -0.05) is 164 Å². The van der Waals surface area contributed by atoms with Crippen LogP contribution in [-0.4, -0.2) is 49.3 Å². The van der Waals surface area contributed by atoms with Crippen LogP contribution >= 0.6 is 7.82 Å². The Morgan fingerprint density at radius 3 is 1.47 bits per heavy atom. The van der Waals surface area contributed by atoms with Crippen molar-refractivity contribution < 1.29 is 37.6 Å². The molecule has 328 valence electrons. The van der Waals surface area contributed by atoms with Gasteiger partial charge in [-0.15, -0.1) is 0 Å². The lowest BCUT2D eigenvalue weighted by atomic mass is 10.1. The molecule has 10 heteroatoms. The van der Waals surface area contributed by atoms with Gasteiger partial charge in [-0.2, -0.15) is 0 Å². The summed E-state index contributed by atoms with van der Waals surface area (Å²) in [5.41, 5.74) is 5.34. The second-order valence-electron chi connectivity index (χ2n) is 14.6. The van der Waals surface area contributed by atoms with E-state index in [0.29, 0.717) is 12.8 Å². The van der Waals surface area contributed by atoms with Crippen molar-refractivity contribution in [2.45, 2.75) is 187 Å². The summed E-state index contributed by atoms with van der Waals surface area (Å²) in [5.74, 6) is -0.933. The minimum Gasteiger partial charge on any atom is -0.462 e. The lowest BCUT2D eigenvalue weighted by Crippen LogP contribution is -2.29. The summed E-state index contributed by atoms with van der Waals surface area (Å²) in [6.07, 6.45) is 52.3. The minimum absolute atomic E-state index is 0.0386. The third kappa shape index (κ3) is 42.9. The normalized spacial score (nSPS) is 14.0. The fourth-order valence-electron chi connectivity index (χ4n) is 5.73. The Hall–Kier alpha value is -2.55. The standard InChI is InChI=1S/C47H82NO8P/c1-3-5-7-9-11-13-15-17-19-21-22-24-26-28-30-32-34-36-38-40-47(50)56-45(44-55-57(51,52)54-42-41-48)43-53-46(49)39-37-35-33-31-29-27-25-23-20-18-16-14-12-10-8-6-4-2/h11,13,17-20,22,24,28,30,34,36,45H,3-10,12,14-16,21,23,25-27,29,31-33,35,37-44,48H2,1-2H3,(H,51,52)/b13-11+,19-17+,20-18+,24-22+,30-28+,36-34+/t45-/m1/s1. The molecular formula is C47H82NO8P. The second kappa shape index (κ2) is 43.0. The minimum atomic E-state index is -4.40. The second-order valence-corrected chi connectivity index (χ2v) is 16.0. The summed E-state index contributed by atoms with van der Waals surface area (Å²) < 4.78 is 32.7. The molecule has 0 radical (unpaired) electrons. The van der Waals surface area contributed by atoms with Crippen molar-refractivity contribution in [1.29, 1.82) is 0 Å². The maximum atomic E-state index is 12.6. The Balaban J connectivity index is 4.28. The van der Waals surface area contributed by atoms with Gasteiger partial charge in [0.05, 0.1) is 13.2 Å². The monoisotopic (exact) mass is 820 g/mol. The summed E-state index contributed by atoms with van der Waals surface area (Å²) in [4.78, 5) is 34.9. The number of hydrogen-bond acceptors (Lipinski definition) is 8. The Labute approximate surface area is 348 Å². The molecule has 0 saturated carbocycles. The van der Waals surface area contributed by atoms with Gasteiger partial charge in [-0.25, -0.2) is 4.57 Å². The number of phosphoric ester groups is 1. The number of unbranched alkanes of at least 4 members (excludes halogenated alkanes) is 16. The average Bonchev–Trinajstić information content (AvgIpc) is 3.20. The van der Waals surface area contributed by atoms with E-state index >= 15 is 0 Å². The molecule has 0 aromatic heterocycles. The SMILES string of the molecule is CCCCC/C=C/C/C=C/C/C=C/C/C=C/C/C=C/CCC(=O)O[C@H](COC(=O)CCCCCCCCC/C=C/CCCCCCCC)COP(=O)(O)OCCN. The number of ether oxygens (including phenoxy) is 2. The molecule has 3 N–H and O–H groups in total. The van der Waals surface area contributed by atoms with Gasteiger partial charge in [-0.05, 0) is 77.0 Å². The van der Waals surface area contributed by atoms with Crippen molar-refractivity contribution in [3.05, 3.63) is 72.9 Å². The van der Waals surface area contributed by atoms with Crippen LogP contribution in [0.4, 0.5) is 0 Å². The van der Waals surface area contributed by atoms with Crippen molar-refractivity contribution in [3.63, 3.8) is 0 Å². The van der Waals surface area contributed by atoms with E-state index in [4.69, 9.17) is 24.3 Å². The zero-order valence-corrected chi connectivity index (χ0v) is 36.9. The molecule has 0 aromatic carbocycles. The fourth-order valence-corrected chi connectivity index (χ4v) is 6.49. The van der Waals surface area contributed by atoms with E-state index in [1.165, 1.54) is 89.9 Å². The molecule has 0 aromatic rings. The van der Waals surface area contributed by atoms with Crippen LogP contribution in [0.15, 0.2) is 72.9 Å². The molecule has 0 spiro atoms. The van der Waals surface area contributed by atoms with Gasteiger partial charge in [0, 0.05) is 19.4 Å². The van der Waals surface area contributed by atoms with Crippen LogP contribution in [0.2, 0.25) is 0 Å². The molecule has 0 aliphatic heterocycles. The lowest BCUT2D eigenvalue weighted by molar-refractivity contribution is -0.161. The highest BCUT2D eigenvalue weighted by molar-refractivity contribution is 7.47. The van der Waals surface area contributed by atoms with Crippen molar-refractivity contribution in [3.8, 4) is 0 Å². The van der Waals surface area contributed by atoms with E-state index in [1.807, 2.05) is 12.2 Å². The van der Waals surface area contributed by atoms with Gasteiger partial charge in [0.2, 0.25) is 0 Å². The average molecular weight is 820 g/mol. The molecule has 0 saturated heterocycles. The van der Waals surface area contributed by atoms with Crippen molar-refractivity contribution in [2.75, 3.05) is 26.4 Å². The molecule has 0 aliphatic rings.